The molecule has 1 amide bonds. The molecule has 2 heterocycles. The summed E-state index contributed by atoms with van der Waals surface area (Å²) in [5.41, 5.74) is 8.78. The molecule has 0 saturated heterocycles. The molecule has 1 unspecified atom stereocenters. The Morgan fingerprint density at radius 1 is 1.48 bits per heavy atom. The minimum Gasteiger partial charge on any atom is -0.465 e. The highest BCUT2D eigenvalue weighted by Gasteiger charge is 2.15. The first-order chi connectivity index (χ1) is 10.1. The zero-order chi connectivity index (χ0) is 15.2. The maximum atomic E-state index is 10.9. The summed E-state index contributed by atoms with van der Waals surface area (Å²) in [6.45, 7) is 3.64. The van der Waals surface area contributed by atoms with E-state index in [1.54, 1.807) is 24.7 Å². The quantitative estimate of drug-likeness (QED) is 0.733. The van der Waals surface area contributed by atoms with Gasteiger partial charge in [-0.05, 0) is 30.2 Å². The smallest absolute Gasteiger partial charge is 0.405 e. The molecule has 0 bridgehead atoms. The molecule has 0 aliphatic rings. The zero-order valence-electron chi connectivity index (χ0n) is 11.4. The molecule has 2 aromatic rings. The Hall–Kier alpha value is -2.89. The van der Waals surface area contributed by atoms with Gasteiger partial charge in [-0.2, -0.15) is 0 Å². The largest absolute Gasteiger partial charge is 0.465 e. The van der Waals surface area contributed by atoms with Crippen LogP contribution in [0.2, 0.25) is 0 Å². The van der Waals surface area contributed by atoms with E-state index in [0.29, 0.717) is 17.8 Å². The molecule has 0 spiro atoms. The van der Waals surface area contributed by atoms with Crippen LogP contribution in [0.1, 0.15) is 18.2 Å². The second kappa shape index (κ2) is 6.51. The van der Waals surface area contributed by atoms with Crippen LogP contribution < -0.4 is 11.1 Å². The standard InChI is InChI=1S/C15H16N4O2/c1-2-3-13(19-15(20)21)14-8-10(4-7-18-14)11-5-6-17-9-12(11)16/h2,4-9,13,19H,1,3,16H2,(H,20,21). The highest BCUT2D eigenvalue weighted by atomic mass is 16.4. The van der Waals surface area contributed by atoms with Crippen LogP contribution in [0.25, 0.3) is 11.1 Å². The van der Waals surface area contributed by atoms with Crippen molar-refractivity contribution in [3.63, 3.8) is 0 Å². The van der Waals surface area contributed by atoms with Crippen LogP contribution in [0.3, 0.4) is 0 Å². The van der Waals surface area contributed by atoms with Crippen molar-refractivity contribution in [1.82, 2.24) is 15.3 Å². The number of carboxylic acid groups (broad SMARTS) is 1. The summed E-state index contributed by atoms with van der Waals surface area (Å²) in [6.07, 6.45) is 5.86. The number of aromatic nitrogens is 2. The van der Waals surface area contributed by atoms with E-state index in [-0.39, 0.29) is 0 Å². The lowest BCUT2D eigenvalue weighted by molar-refractivity contribution is 0.189. The molecule has 0 aromatic carbocycles. The Balaban J connectivity index is 2.38. The van der Waals surface area contributed by atoms with E-state index in [1.807, 2.05) is 18.2 Å². The predicted molar refractivity (Wildman–Crippen MR) is 80.6 cm³/mol. The van der Waals surface area contributed by atoms with Gasteiger partial charge in [0.2, 0.25) is 0 Å². The molecule has 0 aliphatic carbocycles. The lowest BCUT2D eigenvalue weighted by Crippen LogP contribution is -2.27. The van der Waals surface area contributed by atoms with Crippen molar-refractivity contribution in [2.75, 3.05) is 5.73 Å². The van der Waals surface area contributed by atoms with Crippen molar-refractivity contribution in [2.24, 2.45) is 0 Å². The van der Waals surface area contributed by atoms with Crippen LogP contribution in [0.4, 0.5) is 10.5 Å². The van der Waals surface area contributed by atoms with Crippen LogP contribution in [0.5, 0.6) is 0 Å². The minimum absolute atomic E-state index is 0.442. The number of nitrogens with zero attached hydrogens (tertiary/aromatic N) is 2. The van der Waals surface area contributed by atoms with Gasteiger partial charge in [0.15, 0.2) is 0 Å². The Bertz CT molecular complexity index is 658. The Kier molecular flexibility index (Phi) is 4.50. The lowest BCUT2D eigenvalue weighted by Gasteiger charge is -2.15. The second-order valence-electron chi connectivity index (χ2n) is 4.46. The molecule has 0 aliphatic heterocycles. The van der Waals surface area contributed by atoms with Gasteiger partial charge in [0.05, 0.1) is 23.6 Å². The first kappa shape index (κ1) is 14.5. The molecule has 2 rings (SSSR count). The van der Waals surface area contributed by atoms with Gasteiger partial charge in [0.25, 0.3) is 0 Å². The number of anilines is 1. The van der Waals surface area contributed by atoms with Gasteiger partial charge in [-0.3, -0.25) is 9.97 Å². The third-order valence-electron chi connectivity index (χ3n) is 3.00. The third-order valence-corrected chi connectivity index (χ3v) is 3.00. The van der Waals surface area contributed by atoms with Crippen LogP contribution in [0, 0.1) is 0 Å². The SMILES string of the molecule is C=CCC(NC(=O)O)c1cc(-c2ccncc2N)ccn1. The summed E-state index contributed by atoms with van der Waals surface area (Å²) in [5.74, 6) is 0. The molecular weight excluding hydrogens is 268 g/mol. The fourth-order valence-corrected chi connectivity index (χ4v) is 2.05. The van der Waals surface area contributed by atoms with Gasteiger partial charge in [-0.1, -0.05) is 6.08 Å². The average Bonchev–Trinajstić information content (AvgIpc) is 2.47. The van der Waals surface area contributed by atoms with Crippen LogP contribution in [-0.4, -0.2) is 21.2 Å². The predicted octanol–water partition coefficient (Wildman–Crippen LogP) is 2.61. The number of carbonyl (C=O) groups is 1. The number of nitrogens with two attached hydrogens (primary N) is 1. The molecule has 0 radical (unpaired) electrons. The number of pyridine rings is 2. The molecule has 108 valence electrons. The van der Waals surface area contributed by atoms with E-state index >= 15 is 0 Å². The summed E-state index contributed by atoms with van der Waals surface area (Å²) < 4.78 is 0. The number of nitrogens with one attached hydrogen (secondary N) is 1. The van der Waals surface area contributed by atoms with Crippen molar-refractivity contribution in [3.8, 4) is 11.1 Å². The Labute approximate surface area is 122 Å². The zero-order valence-corrected chi connectivity index (χ0v) is 11.4. The maximum absolute atomic E-state index is 10.9. The van der Waals surface area contributed by atoms with Crippen molar-refractivity contribution in [1.29, 1.82) is 0 Å². The summed E-state index contributed by atoms with van der Waals surface area (Å²) >= 11 is 0. The van der Waals surface area contributed by atoms with Gasteiger partial charge in [0.1, 0.15) is 0 Å². The maximum Gasteiger partial charge on any atom is 0.405 e. The monoisotopic (exact) mass is 284 g/mol. The van der Waals surface area contributed by atoms with Crippen molar-refractivity contribution < 1.29 is 9.90 Å². The van der Waals surface area contributed by atoms with Gasteiger partial charge >= 0.3 is 6.09 Å². The van der Waals surface area contributed by atoms with Crippen molar-refractivity contribution in [3.05, 3.63) is 55.1 Å². The van der Waals surface area contributed by atoms with E-state index in [1.165, 1.54) is 0 Å². The highest BCUT2D eigenvalue weighted by molar-refractivity contribution is 5.75. The van der Waals surface area contributed by atoms with Crippen LogP contribution >= 0.6 is 0 Å². The van der Waals surface area contributed by atoms with Crippen molar-refractivity contribution in [2.45, 2.75) is 12.5 Å². The minimum atomic E-state index is -1.10. The normalized spacial score (nSPS) is 11.6. The molecule has 4 N–H and O–H groups in total. The van der Waals surface area contributed by atoms with Gasteiger partial charge in [-0.25, -0.2) is 4.79 Å². The second-order valence-corrected chi connectivity index (χ2v) is 4.46. The number of nitrogen functional groups attached to an aromatic ring is 1. The molecule has 6 heteroatoms. The number of amides is 1. The van der Waals surface area contributed by atoms with Crippen LogP contribution in [0.15, 0.2) is 49.4 Å². The fraction of sp³-hybridized carbons (Fsp3) is 0.133. The number of rotatable bonds is 5. The molecule has 2 aromatic heterocycles. The van der Waals surface area contributed by atoms with Gasteiger partial charge in [0, 0.05) is 18.0 Å². The molecule has 21 heavy (non-hydrogen) atoms. The molecule has 0 fully saturated rings. The first-order valence-corrected chi connectivity index (χ1v) is 6.38. The van der Waals surface area contributed by atoms with Crippen molar-refractivity contribution >= 4 is 11.8 Å². The molecular formula is C15H16N4O2. The lowest BCUT2D eigenvalue weighted by atomic mass is 10.0. The molecule has 1 atom stereocenters. The number of hydrogen-bond donors (Lipinski definition) is 3. The van der Waals surface area contributed by atoms with E-state index < -0.39 is 12.1 Å². The van der Waals surface area contributed by atoms with Gasteiger partial charge < -0.3 is 16.2 Å². The Morgan fingerprint density at radius 3 is 2.95 bits per heavy atom. The number of hydrogen-bond acceptors (Lipinski definition) is 4. The van der Waals surface area contributed by atoms with E-state index in [4.69, 9.17) is 10.8 Å². The highest BCUT2D eigenvalue weighted by Crippen LogP contribution is 2.26. The summed E-state index contributed by atoms with van der Waals surface area (Å²) in [6, 6.07) is 5.00. The molecule has 6 nitrogen and oxygen atoms in total. The van der Waals surface area contributed by atoms with E-state index in [0.717, 1.165) is 11.1 Å². The first-order valence-electron chi connectivity index (χ1n) is 6.38. The summed E-state index contributed by atoms with van der Waals surface area (Å²) in [7, 11) is 0. The Morgan fingerprint density at radius 2 is 2.29 bits per heavy atom. The summed E-state index contributed by atoms with van der Waals surface area (Å²) in [4.78, 5) is 19.1. The summed E-state index contributed by atoms with van der Waals surface area (Å²) in [5, 5.41) is 11.3. The van der Waals surface area contributed by atoms with E-state index in [2.05, 4.69) is 21.9 Å². The fourth-order valence-electron chi connectivity index (χ4n) is 2.05. The van der Waals surface area contributed by atoms with Gasteiger partial charge in [-0.15, -0.1) is 6.58 Å². The third kappa shape index (κ3) is 3.56. The van der Waals surface area contributed by atoms with Crippen LogP contribution in [-0.2, 0) is 0 Å². The van der Waals surface area contributed by atoms with E-state index in [9.17, 15) is 4.79 Å². The topological polar surface area (TPSA) is 101 Å². The average molecular weight is 284 g/mol. The molecule has 0 saturated carbocycles.